The number of hydrogen-bond acceptors (Lipinski definition) is 6. The Morgan fingerprint density at radius 1 is 0.927 bits per heavy atom. The molecule has 0 bridgehead atoms. The van der Waals surface area contributed by atoms with Crippen molar-refractivity contribution in [2.24, 2.45) is 0 Å². The fourth-order valence-corrected chi connectivity index (χ4v) is 7.23. The van der Waals surface area contributed by atoms with Gasteiger partial charge >= 0.3 is 10.0 Å². The van der Waals surface area contributed by atoms with E-state index in [2.05, 4.69) is 16.1 Å². The van der Waals surface area contributed by atoms with Crippen molar-refractivity contribution < 1.29 is 22.7 Å². The lowest BCUT2D eigenvalue weighted by Crippen LogP contribution is -2.68. The summed E-state index contributed by atoms with van der Waals surface area (Å²) in [6, 6.07) is 25.1. The lowest BCUT2D eigenvalue weighted by atomic mass is 9.75. The summed E-state index contributed by atoms with van der Waals surface area (Å²) in [4.78, 5) is 27.0. The predicted octanol–water partition coefficient (Wildman–Crippen LogP) is 2.56. The summed E-state index contributed by atoms with van der Waals surface area (Å²) in [6.45, 7) is 1.83. The normalized spacial score (nSPS) is 20.2. The van der Waals surface area contributed by atoms with Gasteiger partial charge in [-0.05, 0) is 37.1 Å². The molecular weight excluding hydrogens is 540 g/mol. The van der Waals surface area contributed by atoms with E-state index < -0.39 is 31.4 Å². The Balaban J connectivity index is 1.42. The van der Waals surface area contributed by atoms with Crippen molar-refractivity contribution in [3.63, 3.8) is 0 Å². The molecule has 2 amide bonds. The maximum absolute atomic E-state index is 14.0. The first-order valence-corrected chi connectivity index (χ1v) is 15.7. The quantitative estimate of drug-likeness (QED) is 0.319. The standard InChI is InChI=1S/C31H36N4O5S/c1-41(38,39)35(23-31(16-18-32-19-17-31)26-14-8-9-15-28(26)35)34-30(37)27(22-40-21-25-12-6-3-7-13-25)33-29(36)20-24-10-4-2-5-11-24/h2-15,27,32H,16-23H2,1H3,(H-,33,34,36,37)/p+1. The van der Waals surface area contributed by atoms with E-state index in [9.17, 15) is 18.0 Å². The van der Waals surface area contributed by atoms with Crippen LogP contribution in [0.2, 0.25) is 0 Å². The topological polar surface area (TPSA) is 114 Å². The van der Waals surface area contributed by atoms with Crippen molar-refractivity contribution in [1.82, 2.24) is 20.1 Å². The molecule has 2 aliphatic rings. The van der Waals surface area contributed by atoms with Crippen LogP contribution in [0.5, 0.6) is 0 Å². The van der Waals surface area contributed by atoms with Gasteiger partial charge in [0.15, 0.2) is 5.69 Å². The molecule has 41 heavy (non-hydrogen) atoms. The smallest absolute Gasteiger partial charge is 0.321 e. The lowest BCUT2D eigenvalue weighted by Gasteiger charge is -2.36. The van der Waals surface area contributed by atoms with Gasteiger partial charge in [0, 0.05) is 11.6 Å². The first-order chi connectivity index (χ1) is 19.7. The first-order valence-electron chi connectivity index (χ1n) is 13.9. The maximum atomic E-state index is 14.0. The summed E-state index contributed by atoms with van der Waals surface area (Å²) >= 11 is 0. The van der Waals surface area contributed by atoms with Crippen LogP contribution < -0.4 is 20.1 Å². The SMILES string of the molecule is CS(=O)(=O)[N+]1(NC(=O)C(COCc2ccccc2)NC(=O)Cc2ccccc2)CC2(CCNCC2)c2ccccc21. The Morgan fingerprint density at radius 2 is 1.54 bits per heavy atom. The highest BCUT2D eigenvalue weighted by atomic mass is 32.2. The summed E-state index contributed by atoms with van der Waals surface area (Å²) in [5.74, 6) is -0.979. The minimum absolute atomic E-state index is 0.0777. The molecule has 3 aromatic rings. The van der Waals surface area contributed by atoms with Gasteiger partial charge in [0.2, 0.25) is 5.91 Å². The van der Waals surface area contributed by atoms with E-state index in [1.54, 1.807) is 12.1 Å². The largest absolute Gasteiger partial charge is 0.374 e. The zero-order valence-corrected chi connectivity index (χ0v) is 24.0. The number of quaternary nitrogens is 1. The van der Waals surface area contributed by atoms with Gasteiger partial charge in [0.25, 0.3) is 5.91 Å². The van der Waals surface area contributed by atoms with Gasteiger partial charge in [-0.15, -0.1) is 0 Å². The Hall–Kier alpha value is -3.57. The highest BCUT2D eigenvalue weighted by Crippen LogP contribution is 2.50. The van der Waals surface area contributed by atoms with Crippen LogP contribution >= 0.6 is 0 Å². The summed E-state index contributed by atoms with van der Waals surface area (Å²) in [7, 11) is -3.89. The maximum Gasteiger partial charge on any atom is 0.321 e. The molecule has 0 saturated carbocycles. The fraction of sp³-hybridized carbons (Fsp3) is 0.355. The van der Waals surface area contributed by atoms with Crippen LogP contribution in [0.25, 0.3) is 0 Å². The van der Waals surface area contributed by atoms with Crippen molar-refractivity contribution in [1.29, 1.82) is 0 Å². The Bertz CT molecular complexity index is 1480. The summed E-state index contributed by atoms with van der Waals surface area (Å²) in [5.41, 5.74) is 5.69. The molecule has 1 saturated heterocycles. The molecular formula is C31H37N4O5S+. The van der Waals surface area contributed by atoms with Crippen molar-refractivity contribution >= 4 is 27.5 Å². The number of para-hydroxylation sites is 1. The summed E-state index contributed by atoms with van der Waals surface area (Å²) < 4.78 is 32.3. The van der Waals surface area contributed by atoms with E-state index in [1.165, 1.54) is 0 Å². The molecule has 3 aromatic carbocycles. The number of nitrogens with zero attached hydrogens (tertiary/aromatic N) is 1. The number of ether oxygens (including phenoxy) is 1. The molecule has 216 valence electrons. The third-order valence-corrected chi connectivity index (χ3v) is 9.61. The average molecular weight is 578 g/mol. The number of hydrogen-bond donors (Lipinski definition) is 3. The van der Waals surface area contributed by atoms with Crippen LogP contribution in [-0.2, 0) is 42.8 Å². The number of rotatable bonds is 10. The number of fused-ring (bicyclic) bond motifs is 2. The zero-order chi connectivity index (χ0) is 28.9. The highest BCUT2D eigenvalue weighted by Gasteiger charge is 2.60. The molecule has 2 atom stereocenters. The van der Waals surface area contributed by atoms with Gasteiger partial charge in [-0.25, -0.2) is 0 Å². The molecule has 2 heterocycles. The molecule has 0 radical (unpaired) electrons. The van der Waals surface area contributed by atoms with Gasteiger partial charge in [-0.3, -0.25) is 9.59 Å². The predicted molar refractivity (Wildman–Crippen MR) is 158 cm³/mol. The fourth-order valence-electron chi connectivity index (χ4n) is 5.98. The van der Waals surface area contributed by atoms with Crippen LogP contribution in [0.1, 0.15) is 29.5 Å². The van der Waals surface area contributed by atoms with E-state index in [0.717, 1.165) is 48.9 Å². The molecule has 0 aliphatic carbocycles. The number of carbonyl (C=O) groups is 2. The first kappa shape index (κ1) is 28.9. The lowest BCUT2D eigenvalue weighted by molar-refractivity contribution is -0.132. The van der Waals surface area contributed by atoms with E-state index in [1.807, 2.05) is 72.8 Å². The van der Waals surface area contributed by atoms with Crippen LogP contribution in [-0.4, -0.2) is 58.8 Å². The molecule has 2 aliphatic heterocycles. The van der Waals surface area contributed by atoms with Crippen molar-refractivity contribution in [3.05, 3.63) is 102 Å². The van der Waals surface area contributed by atoms with Gasteiger partial charge in [0.05, 0.1) is 31.3 Å². The van der Waals surface area contributed by atoms with Crippen molar-refractivity contribution in [2.45, 2.75) is 37.3 Å². The summed E-state index contributed by atoms with van der Waals surface area (Å²) in [5, 5.41) is 6.16. The number of amides is 2. The third kappa shape index (κ3) is 6.20. The number of nitrogens with one attached hydrogen (secondary N) is 3. The molecule has 10 heteroatoms. The van der Waals surface area contributed by atoms with E-state index >= 15 is 0 Å². The second-order valence-electron chi connectivity index (χ2n) is 10.9. The summed E-state index contributed by atoms with van der Waals surface area (Å²) in [6.07, 6.45) is 2.74. The molecule has 1 spiro atoms. The van der Waals surface area contributed by atoms with E-state index in [-0.39, 0.29) is 32.1 Å². The average Bonchev–Trinajstić information content (AvgIpc) is 3.23. The minimum Gasteiger partial charge on any atom is -0.374 e. The molecule has 1 fully saturated rings. The Labute approximate surface area is 241 Å². The van der Waals surface area contributed by atoms with Crippen LogP contribution in [0.15, 0.2) is 84.9 Å². The minimum atomic E-state index is -3.89. The van der Waals surface area contributed by atoms with Crippen molar-refractivity contribution in [2.75, 3.05) is 32.5 Å². The molecule has 2 unspecified atom stereocenters. The molecule has 9 nitrogen and oxygen atoms in total. The number of carbonyl (C=O) groups excluding carboxylic acids is 2. The van der Waals surface area contributed by atoms with Crippen LogP contribution in [0.3, 0.4) is 0 Å². The van der Waals surface area contributed by atoms with Crippen LogP contribution in [0.4, 0.5) is 5.69 Å². The zero-order valence-electron chi connectivity index (χ0n) is 23.2. The van der Waals surface area contributed by atoms with E-state index in [0.29, 0.717) is 5.69 Å². The van der Waals surface area contributed by atoms with Gasteiger partial charge in [0.1, 0.15) is 12.6 Å². The Kier molecular flexibility index (Phi) is 8.55. The molecule has 0 aromatic heterocycles. The highest BCUT2D eigenvalue weighted by molar-refractivity contribution is 7.90. The van der Waals surface area contributed by atoms with E-state index in [4.69, 9.17) is 4.74 Å². The number of benzene rings is 3. The van der Waals surface area contributed by atoms with Crippen molar-refractivity contribution in [3.8, 4) is 0 Å². The van der Waals surface area contributed by atoms with Gasteiger partial charge in [-0.1, -0.05) is 82.9 Å². The van der Waals surface area contributed by atoms with Crippen LogP contribution in [0, 0.1) is 0 Å². The number of piperidine rings is 1. The monoisotopic (exact) mass is 577 g/mol. The third-order valence-electron chi connectivity index (χ3n) is 8.06. The second-order valence-corrected chi connectivity index (χ2v) is 13.0. The molecule has 5 rings (SSSR count). The second kappa shape index (κ2) is 12.1. The number of sulfonamides is 1. The Morgan fingerprint density at radius 3 is 2.20 bits per heavy atom. The van der Waals surface area contributed by atoms with Gasteiger partial charge < -0.3 is 15.4 Å². The van der Waals surface area contributed by atoms with Gasteiger partial charge in [-0.2, -0.15) is 13.8 Å². The molecule has 3 N–H and O–H groups in total.